The van der Waals surface area contributed by atoms with Gasteiger partial charge in [0.1, 0.15) is 5.82 Å². The van der Waals surface area contributed by atoms with Gasteiger partial charge in [0.2, 0.25) is 5.89 Å². The lowest BCUT2D eigenvalue weighted by Gasteiger charge is -1.95. The first kappa shape index (κ1) is 9.96. The van der Waals surface area contributed by atoms with Crippen molar-refractivity contribution in [2.24, 2.45) is 0 Å². The van der Waals surface area contributed by atoms with Crippen molar-refractivity contribution in [2.75, 3.05) is 0 Å². The van der Waals surface area contributed by atoms with E-state index in [4.69, 9.17) is 4.42 Å². The van der Waals surface area contributed by atoms with Crippen molar-refractivity contribution >= 4 is 11.2 Å². The van der Waals surface area contributed by atoms with Crippen LogP contribution in [-0.4, -0.2) is 9.97 Å². The number of benzene rings is 1. The van der Waals surface area contributed by atoms with Gasteiger partial charge in [-0.3, -0.25) is 0 Å². The van der Waals surface area contributed by atoms with E-state index in [2.05, 4.69) is 9.97 Å². The summed E-state index contributed by atoms with van der Waals surface area (Å²) in [4.78, 5) is 8.41. The normalized spacial score (nSPS) is 10.9. The molecule has 0 saturated carbocycles. The number of hydrogen-bond donors (Lipinski definition) is 0. The van der Waals surface area contributed by atoms with Crippen LogP contribution < -0.4 is 0 Å². The Morgan fingerprint density at radius 3 is 2.71 bits per heavy atom. The molecule has 17 heavy (non-hydrogen) atoms. The zero-order valence-corrected chi connectivity index (χ0v) is 9.14. The van der Waals surface area contributed by atoms with Crippen molar-refractivity contribution in [3.8, 4) is 11.5 Å². The molecule has 2 aromatic heterocycles. The Balaban J connectivity index is 2.22. The van der Waals surface area contributed by atoms with Crippen molar-refractivity contribution < 1.29 is 8.81 Å². The molecule has 0 spiro atoms. The van der Waals surface area contributed by atoms with Crippen LogP contribution in [0.4, 0.5) is 4.39 Å². The second-order valence-corrected chi connectivity index (χ2v) is 3.77. The highest BCUT2D eigenvalue weighted by Crippen LogP contribution is 2.25. The number of pyridine rings is 1. The molecular weight excluding hydrogens is 219 g/mol. The van der Waals surface area contributed by atoms with E-state index in [9.17, 15) is 4.39 Å². The summed E-state index contributed by atoms with van der Waals surface area (Å²) in [6, 6.07) is 10.00. The van der Waals surface area contributed by atoms with Gasteiger partial charge < -0.3 is 4.42 Å². The topological polar surface area (TPSA) is 38.9 Å². The fourth-order valence-electron chi connectivity index (χ4n) is 1.66. The maximum Gasteiger partial charge on any atom is 0.231 e. The molecule has 0 amide bonds. The van der Waals surface area contributed by atoms with E-state index in [1.54, 1.807) is 24.3 Å². The van der Waals surface area contributed by atoms with Gasteiger partial charge in [-0.25, -0.2) is 9.37 Å². The van der Waals surface area contributed by atoms with Gasteiger partial charge in [-0.05, 0) is 31.2 Å². The number of halogens is 1. The predicted molar refractivity (Wildman–Crippen MR) is 61.9 cm³/mol. The summed E-state index contributed by atoms with van der Waals surface area (Å²) in [7, 11) is 0. The first-order valence-corrected chi connectivity index (χ1v) is 5.23. The van der Waals surface area contributed by atoms with Crippen LogP contribution in [0.15, 0.2) is 40.8 Å². The summed E-state index contributed by atoms with van der Waals surface area (Å²) in [5.41, 5.74) is 2.27. The molecule has 3 aromatic rings. The maximum absolute atomic E-state index is 13.6. The zero-order valence-electron chi connectivity index (χ0n) is 9.14. The van der Waals surface area contributed by atoms with Crippen molar-refractivity contribution in [1.29, 1.82) is 0 Å². The molecule has 0 radical (unpaired) electrons. The third-order valence-corrected chi connectivity index (χ3v) is 2.50. The fraction of sp³-hybridized carbons (Fsp3) is 0.0769. The lowest BCUT2D eigenvalue weighted by molar-refractivity contribution is 0.593. The van der Waals surface area contributed by atoms with Crippen LogP contribution in [0.1, 0.15) is 5.69 Å². The number of nitrogens with zero attached hydrogens (tertiary/aromatic N) is 2. The quantitative estimate of drug-likeness (QED) is 0.641. The molecule has 84 valence electrons. The van der Waals surface area contributed by atoms with Crippen LogP contribution in [0.5, 0.6) is 0 Å². The number of aromatic nitrogens is 2. The van der Waals surface area contributed by atoms with Crippen molar-refractivity contribution in [1.82, 2.24) is 9.97 Å². The van der Waals surface area contributed by atoms with Crippen LogP contribution in [0, 0.1) is 12.7 Å². The van der Waals surface area contributed by atoms with Gasteiger partial charge >= 0.3 is 0 Å². The molecule has 0 aliphatic heterocycles. The molecule has 0 saturated heterocycles. The van der Waals surface area contributed by atoms with E-state index >= 15 is 0 Å². The second kappa shape index (κ2) is 3.66. The number of fused-ring (bicyclic) bond motifs is 1. The molecule has 0 aliphatic rings. The Bertz CT molecular complexity index is 691. The van der Waals surface area contributed by atoms with Gasteiger partial charge in [-0.1, -0.05) is 12.1 Å². The average molecular weight is 228 g/mol. The molecule has 0 unspecified atom stereocenters. The molecule has 0 aliphatic carbocycles. The van der Waals surface area contributed by atoms with E-state index in [0.29, 0.717) is 16.8 Å². The largest absolute Gasteiger partial charge is 0.434 e. The first-order valence-electron chi connectivity index (χ1n) is 5.23. The van der Waals surface area contributed by atoms with Crippen LogP contribution in [0.3, 0.4) is 0 Å². The molecule has 0 atom stereocenters. The Hall–Kier alpha value is -2.23. The van der Waals surface area contributed by atoms with Crippen LogP contribution in [0.2, 0.25) is 0 Å². The fourth-order valence-corrected chi connectivity index (χ4v) is 1.66. The van der Waals surface area contributed by atoms with E-state index in [0.717, 1.165) is 5.69 Å². The first-order chi connectivity index (χ1) is 8.24. The zero-order chi connectivity index (χ0) is 11.8. The Kier molecular flexibility index (Phi) is 2.14. The lowest BCUT2D eigenvalue weighted by Crippen LogP contribution is -1.83. The molecule has 3 nitrogen and oxygen atoms in total. The minimum Gasteiger partial charge on any atom is -0.434 e. The van der Waals surface area contributed by atoms with Crippen LogP contribution in [-0.2, 0) is 0 Å². The van der Waals surface area contributed by atoms with Crippen molar-refractivity contribution in [3.05, 3.63) is 47.9 Å². The maximum atomic E-state index is 13.6. The van der Waals surface area contributed by atoms with E-state index in [-0.39, 0.29) is 11.7 Å². The van der Waals surface area contributed by atoms with Crippen LogP contribution in [0.25, 0.3) is 22.7 Å². The van der Waals surface area contributed by atoms with Gasteiger partial charge in [-0.2, -0.15) is 4.98 Å². The summed E-state index contributed by atoms with van der Waals surface area (Å²) < 4.78 is 19.0. The molecule has 0 bridgehead atoms. The summed E-state index contributed by atoms with van der Waals surface area (Å²) in [6.07, 6.45) is 0. The summed E-state index contributed by atoms with van der Waals surface area (Å²) in [5.74, 6) is -0.0908. The molecular formula is C13H9FN2O. The highest BCUT2D eigenvalue weighted by atomic mass is 19.1. The van der Waals surface area contributed by atoms with Crippen molar-refractivity contribution in [3.63, 3.8) is 0 Å². The van der Waals surface area contributed by atoms with Gasteiger partial charge in [0.05, 0.1) is 5.56 Å². The van der Waals surface area contributed by atoms with E-state index < -0.39 is 0 Å². The van der Waals surface area contributed by atoms with E-state index in [1.165, 1.54) is 6.07 Å². The average Bonchev–Trinajstić information content (AvgIpc) is 2.72. The van der Waals surface area contributed by atoms with Gasteiger partial charge in [0.15, 0.2) is 11.2 Å². The number of hydrogen-bond acceptors (Lipinski definition) is 3. The molecule has 0 fully saturated rings. The minimum absolute atomic E-state index is 0.260. The monoisotopic (exact) mass is 228 g/mol. The van der Waals surface area contributed by atoms with Gasteiger partial charge in [0, 0.05) is 5.69 Å². The van der Waals surface area contributed by atoms with E-state index in [1.807, 2.05) is 13.0 Å². The van der Waals surface area contributed by atoms with Crippen LogP contribution >= 0.6 is 0 Å². The molecule has 4 heteroatoms. The summed E-state index contributed by atoms with van der Waals surface area (Å²) in [6.45, 7) is 1.87. The summed E-state index contributed by atoms with van der Waals surface area (Å²) >= 11 is 0. The second-order valence-electron chi connectivity index (χ2n) is 3.77. The molecule has 3 rings (SSSR count). The third-order valence-electron chi connectivity index (χ3n) is 2.50. The number of aryl methyl sites for hydroxylation is 1. The standard InChI is InChI=1S/C13H9FN2O/c1-8-6-7-11-12(15-8)16-13(17-11)9-4-2-3-5-10(9)14/h2-7H,1H3. The van der Waals surface area contributed by atoms with Crippen molar-refractivity contribution in [2.45, 2.75) is 6.92 Å². The predicted octanol–water partition coefficient (Wildman–Crippen LogP) is 3.34. The Morgan fingerprint density at radius 2 is 1.88 bits per heavy atom. The Labute approximate surface area is 96.9 Å². The lowest BCUT2D eigenvalue weighted by atomic mass is 10.2. The van der Waals surface area contributed by atoms with Gasteiger partial charge in [-0.15, -0.1) is 0 Å². The molecule has 1 aromatic carbocycles. The summed E-state index contributed by atoms with van der Waals surface area (Å²) in [5, 5.41) is 0. The third kappa shape index (κ3) is 1.67. The number of rotatable bonds is 1. The molecule has 2 heterocycles. The number of oxazole rings is 1. The highest BCUT2D eigenvalue weighted by Gasteiger charge is 2.12. The smallest absolute Gasteiger partial charge is 0.231 e. The highest BCUT2D eigenvalue weighted by molar-refractivity contribution is 5.72. The SMILES string of the molecule is Cc1ccc2oc(-c3ccccc3F)nc2n1. The van der Waals surface area contributed by atoms with Gasteiger partial charge in [0.25, 0.3) is 0 Å². The Morgan fingerprint density at radius 1 is 1.06 bits per heavy atom. The molecule has 0 N–H and O–H groups in total. The minimum atomic E-state index is -0.351.